The summed E-state index contributed by atoms with van der Waals surface area (Å²) in [6.07, 6.45) is 8.84. The highest BCUT2D eigenvalue weighted by molar-refractivity contribution is 5.81. The van der Waals surface area contributed by atoms with Crippen molar-refractivity contribution < 1.29 is 9.90 Å². The van der Waals surface area contributed by atoms with Gasteiger partial charge in [-0.15, -0.1) is 0 Å². The van der Waals surface area contributed by atoms with Crippen molar-refractivity contribution in [3.05, 3.63) is 35.4 Å². The number of aryl methyl sites for hydroxylation is 1. The maximum absolute atomic E-state index is 12.5. The Balaban J connectivity index is 1.56. The SMILES string of the molecule is NC(CC1CCCCC1)C(O)C(=O)NC1CCCc2ccccc21. The van der Waals surface area contributed by atoms with E-state index in [1.54, 1.807) is 0 Å². The van der Waals surface area contributed by atoms with Crippen LogP contribution in [0.4, 0.5) is 0 Å². The van der Waals surface area contributed by atoms with Crippen molar-refractivity contribution in [1.82, 2.24) is 5.32 Å². The van der Waals surface area contributed by atoms with E-state index in [1.807, 2.05) is 12.1 Å². The van der Waals surface area contributed by atoms with Crippen LogP contribution in [0, 0.1) is 5.92 Å². The quantitative estimate of drug-likeness (QED) is 0.777. The molecule has 3 atom stereocenters. The zero-order valence-electron chi connectivity index (χ0n) is 14.4. The van der Waals surface area contributed by atoms with Gasteiger partial charge in [0.15, 0.2) is 0 Å². The summed E-state index contributed by atoms with van der Waals surface area (Å²) < 4.78 is 0. The monoisotopic (exact) mass is 330 g/mol. The summed E-state index contributed by atoms with van der Waals surface area (Å²) in [4.78, 5) is 12.5. The molecule has 0 aliphatic heterocycles. The van der Waals surface area contributed by atoms with Gasteiger partial charge in [-0.25, -0.2) is 0 Å². The van der Waals surface area contributed by atoms with E-state index in [1.165, 1.54) is 43.2 Å². The van der Waals surface area contributed by atoms with Crippen LogP contribution < -0.4 is 11.1 Å². The van der Waals surface area contributed by atoms with Crippen molar-refractivity contribution in [2.24, 2.45) is 11.7 Å². The van der Waals surface area contributed by atoms with Crippen molar-refractivity contribution in [2.75, 3.05) is 0 Å². The van der Waals surface area contributed by atoms with Crippen LogP contribution in [0.2, 0.25) is 0 Å². The topological polar surface area (TPSA) is 75.3 Å². The van der Waals surface area contributed by atoms with Crippen LogP contribution >= 0.6 is 0 Å². The Labute approximate surface area is 144 Å². The minimum Gasteiger partial charge on any atom is -0.382 e. The predicted octanol–water partition coefficient (Wildman–Crippen LogP) is 2.84. The van der Waals surface area contributed by atoms with E-state index >= 15 is 0 Å². The number of nitrogens with one attached hydrogen (secondary N) is 1. The Hall–Kier alpha value is -1.39. The van der Waals surface area contributed by atoms with Gasteiger partial charge in [0.25, 0.3) is 5.91 Å². The molecule has 3 unspecified atom stereocenters. The molecule has 3 rings (SSSR count). The van der Waals surface area contributed by atoms with Crippen LogP contribution in [0.5, 0.6) is 0 Å². The number of carbonyl (C=O) groups is 1. The van der Waals surface area contributed by atoms with Gasteiger partial charge in [-0.2, -0.15) is 0 Å². The van der Waals surface area contributed by atoms with Crippen molar-refractivity contribution in [3.8, 4) is 0 Å². The van der Waals surface area contributed by atoms with Crippen LogP contribution in [0.25, 0.3) is 0 Å². The fraction of sp³-hybridized carbons (Fsp3) is 0.650. The maximum Gasteiger partial charge on any atom is 0.250 e. The van der Waals surface area contributed by atoms with Crippen LogP contribution in [0.15, 0.2) is 24.3 Å². The lowest BCUT2D eigenvalue weighted by molar-refractivity contribution is -0.131. The third-order valence-electron chi connectivity index (χ3n) is 5.69. The van der Waals surface area contributed by atoms with Gasteiger partial charge in [-0.1, -0.05) is 56.4 Å². The summed E-state index contributed by atoms with van der Waals surface area (Å²) in [5.74, 6) is 0.242. The highest BCUT2D eigenvalue weighted by atomic mass is 16.3. The molecule has 132 valence electrons. The molecule has 4 heteroatoms. The molecule has 2 aliphatic rings. The smallest absolute Gasteiger partial charge is 0.250 e. The third-order valence-corrected chi connectivity index (χ3v) is 5.69. The molecule has 0 saturated heterocycles. The average Bonchev–Trinajstić information content (AvgIpc) is 2.62. The van der Waals surface area contributed by atoms with Gasteiger partial charge >= 0.3 is 0 Å². The lowest BCUT2D eigenvalue weighted by Crippen LogP contribution is -2.48. The molecule has 1 amide bonds. The minimum atomic E-state index is -1.11. The fourth-order valence-electron chi connectivity index (χ4n) is 4.29. The number of amides is 1. The molecule has 0 heterocycles. The molecule has 0 bridgehead atoms. The molecule has 4 nitrogen and oxygen atoms in total. The summed E-state index contributed by atoms with van der Waals surface area (Å²) in [7, 11) is 0. The molecule has 1 saturated carbocycles. The molecular weight excluding hydrogens is 300 g/mol. The highest BCUT2D eigenvalue weighted by Gasteiger charge is 2.29. The maximum atomic E-state index is 12.5. The number of aliphatic hydroxyl groups is 1. The number of hydrogen-bond acceptors (Lipinski definition) is 3. The molecule has 0 spiro atoms. The Kier molecular flexibility index (Phi) is 5.90. The second-order valence-electron chi connectivity index (χ2n) is 7.50. The predicted molar refractivity (Wildman–Crippen MR) is 95.4 cm³/mol. The molecular formula is C20H30N2O2. The van der Waals surface area contributed by atoms with E-state index in [0.717, 1.165) is 25.7 Å². The molecule has 2 aliphatic carbocycles. The summed E-state index contributed by atoms with van der Waals surface area (Å²) in [6, 6.07) is 7.78. The largest absolute Gasteiger partial charge is 0.382 e. The van der Waals surface area contributed by atoms with Gasteiger partial charge in [-0.05, 0) is 42.7 Å². The zero-order chi connectivity index (χ0) is 16.9. The number of aliphatic hydroxyl groups excluding tert-OH is 1. The number of hydrogen-bond donors (Lipinski definition) is 3. The van der Waals surface area contributed by atoms with Crippen LogP contribution in [-0.2, 0) is 11.2 Å². The number of nitrogens with two attached hydrogens (primary N) is 1. The van der Waals surface area contributed by atoms with Crippen molar-refractivity contribution >= 4 is 5.91 Å². The number of benzene rings is 1. The molecule has 1 fully saturated rings. The molecule has 24 heavy (non-hydrogen) atoms. The minimum absolute atomic E-state index is 0.000944. The summed E-state index contributed by atoms with van der Waals surface area (Å²) in [5, 5.41) is 13.4. The van der Waals surface area contributed by atoms with Crippen LogP contribution in [0.1, 0.15) is 68.5 Å². The first-order valence-corrected chi connectivity index (χ1v) is 9.47. The third kappa shape index (κ3) is 4.17. The van der Waals surface area contributed by atoms with Crippen LogP contribution in [-0.4, -0.2) is 23.2 Å². The van der Waals surface area contributed by atoms with E-state index in [-0.39, 0.29) is 11.9 Å². The normalized spacial score (nSPS) is 24.0. The van der Waals surface area contributed by atoms with E-state index in [9.17, 15) is 9.90 Å². The summed E-state index contributed by atoms with van der Waals surface area (Å²) in [6.45, 7) is 0. The standard InChI is InChI=1S/C20H30N2O2/c21-17(13-14-7-2-1-3-8-14)19(23)20(24)22-18-12-6-10-15-9-4-5-11-16(15)18/h4-5,9,11,14,17-19,23H,1-3,6-8,10,12-13,21H2,(H,22,24). The molecule has 4 N–H and O–H groups in total. The average molecular weight is 330 g/mol. The van der Waals surface area contributed by atoms with E-state index < -0.39 is 12.1 Å². The molecule has 1 aromatic rings. The number of carbonyl (C=O) groups excluding carboxylic acids is 1. The van der Waals surface area contributed by atoms with Gasteiger partial charge in [0.1, 0.15) is 6.10 Å². The van der Waals surface area contributed by atoms with Crippen molar-refractivity contribution in [2.45, 2.75) is 76.0 Å². The first-order valence-electron chi connectivity index (χ1n) is 9.47. The van der Waals surface area contributed by atoms with Crippen molar-refractivity contribution in [3.63, 3.8) is 0 Å². The second kappa shape index (κ2) is 8.13. The fourth-order valence-corrected chi connectivity index (χ4v) is 4.29. The zero-order valence-corrected chi connectivity index (χ0v) is 14.4. The van der Waals surface area contributed by atoms with Crippen molar-refractivity contribution in [1.29, 1.82) is 0 Å². The van der Waals surface area contributed by atoms with E-state index in [0.29, 0.717) is 5.92 Å². The van der Waals surface area contributed by atoms with Crippen LogP contribution in [0.3, 0.4) is 0 Å². The molecule has 0 radical (unpaired) electrons. The Morgan fingerprint density at radius 3 is 2.71 bits per heavy atom. The first-order chi connectivity index (χ1) is 11.6. The number of rotatable bonds is 5. The van der Waals surface area contributed by atoms with Gasteiger partial charge in [-0.3, -0.25) is 4.79 Å². The van der Waals surface area contributed by atoms with Gasteiger partial charge in [0.2, 0.25) is 0 Å². The molecule has 0 aromatic heterocycles. The lowest BCUT2D eigenvalue weighted by Gasteiger charge is -2.30. The van der Waals surface area contributed by atoms with Gasteiger partial charge < -0.3 is 16.2 Å². The Bertz CT molecular complexity index is 554. The summed E-state index contributed by atoms with van der Waals surface area (Å²) in [5.41, 5.74) is 8.62. The van der Waals surface area contributed by atoms with E-state index in [2.05, 4.69) is 17.4 Å². The second-order valence-corrected chi connectivity index (χ2v) is 7.50. The lowest BCUT2D eigenvalue weighted by atomic mass is 9.83. The highest BCUT2D eigenvalue weighted by Crippen LogP contribution is 2.30. The van der Waals surface area contributed by atoms with Gasteiger partial charge in [0.05, 0.1) is 6.04 Å². The van der Waals surface area contributed by atoms with E-state index in [4.69, 9.17) is 5.73 Å². The Morgan fingerprint density at radius 1 is 1.17 bits per heavy atom. The Morgan fingerprint density at radius 2 is 1.92 bits per heavy atom. The molecule has 1 aromatic carbocycles. The van der Waals surface area contributed by atoms with Gasteiger partial charge in [0, 0.05) is 6.04 Å². The number of fused-ring (bicyclic) bond motifs is 1. The summed E-state index contributed by atoms with van der Waals surface area (Å²) >= 11 is 0. The first kappa shape index (κ1) is 17.4.